The molecule has 10 heavy (non-hydrogen) atoms. The van der Waals surface area contributed by atoms with Gasteiger partial charge in [0.1, 0.15) is 0 Å². The van der Waals surface area contributed by atoms with Crippen molar-refractivity contribution in [2.24, 2.45) is 0 Å². The molecule has 0 radical (unpaired) electrons. The molecule has 0 atom stereocenters. The van der Waals surface area contributed by atoms with Gasteiger partial charge < -0.3 is 0 Å². The molecule has 4 heteroatoms. The summed E-state index contributed by atoms with van der Waals surface area (Å²) in [6, 6.07) is 0. The zero-order chi connectivity index (χ0) is 8.20. The van der Waals surface area contributed by atoms with Gasteiger partial charge in [0.2, 0.25) is 0 Å². The Labute approximate surface area is 59.1 Å². The zero-order valence-corrected chi connectivity index (χ0v) is 6.36. The van der Waals surface area contributed by atoms with Crippen LogP contribution in [-0.2, 0) is 9.47 Å². The van der Waals surface area contributed by atoms with E-state index in [0.29, 0.717) is 0 Å². The monoisotopic (exact) mass is 154 g/mol. The van der Waals surface area contributed by atoms with Gasteiger partial charge in [-0.15, -0.1) is 8.78 Å². The van der Waals surface area contributed by atoms with Crippen LogP contribution in [0.4, 0.5) is 8.78 Å². The van der Waals surface area contributed by atoms with Crippen LogP contribution < -0.4 is 0 Å². The molecule has 0 fully saturated rings. The molecule has 0 aliphatic rings. The molecular formula is C6H12F2O2. The Hall–Kier alpha value is -0.220. The van der Waals surface area contributed by atoms with Crippen LogP contribution in [0.5, 0.6) is 0 Å². The van der Waals surface area contributed by atoms with Gasteiger partial charge in [0.05, 0.1) is 12.7 Å². The van der Waals surface area contributed by atoms with E-state index in [2.05, 4.69) is 9.47 Å². The van der Waals surface area contributed by atoms with Crippen molar-refractivity contribution in [1.29, 1.82) is 0 Å². The average molecular weight is 154 g/mol. The van der Waals surface area contributed by atoms with Crippen LogP contribution in [0.2, 0.25) is 0 Å². The van der Waals surface area contributed by atoms with Gasteiger partial charge in [-0.1, -0.05) is 0 Å². The van der Waals surface area contributed by atoms with Crippen LogP contribution in [-0.4, -0.2) is 19.0 Å². The van der Waals surface area contributed by atoms with Gasteiger partial charge in [-0.3, -0.25) is 9.47 Å². The summed E-state index contributed by atoms with van der Waals surface area (Å²) in [6.07, 6.45) is -3.95. The molecule has 0 aromatic rings. The maximum absolute atomic E-state index is 12.2. The van der Waals surface area contributed by atoms with E-state index < -0.39 is 12.4 Å². The van der Waals surface area contributed by atoms with Crippen molar-refractivity contribution >= 4 is 0 Å². The Morgan fingerprint density at radius 1 is 1.40 bits per heavy atom. The van der Waals surface area contributed by atoms with Gasteiger partial charge in [0, 0.05) is 0 Å². The summed E-state index contributed by atoms with van der Waals surface area (Å²) in [5.74, 6) is 0. The third-order valence-corrected chi connectivity index (χ3v) is 0.685. The molecule has 0 unspecified atom stereocenters. The van der Waals surface area contributed by atoms with E-state index in [1.54, 1.807) is 0 Å². The van der Waals surface area contributed by atoms with E-state index in [1.165, 1.54) is 20.8 Å². The normalized spacial score (nSPS) is 12.6. The van der Waals surface area contributed by atoms with Crippen molar-refractivity contribution in [1.82, 2.24) is 0 Å². The van der Waals surface area contributed by atoms with Gasteiger partial charge in [-0.2, -0.15) is 0 Å². The molecule has 0 aliphatic carbocycles. The first-order valence-corrected chi connectivity index (χ1v) is 3.17. The zero-order valence-electron chi connectivity index (χ0n) is 6.36. The number of alkyl halides is 2. The van der Waals surface area contributed by atoms with Crippen LogP contribution in [0.25, 0.3) is 0 Å². The fraction of sp³-hybridized carbons (Fsp3) is 1.00. The lowest BCUT2D eigenvalue weighted by Crippen LogP contribution is -2.28. The fourth-order valence-corrected chi connectivity index (χ4v) is 0.476. The Bertz CT molecular complexity index is 93.7. The molecule has 0 aromatic heterocycles. The molecule has 0 heterocycles. The highest BCUT2D eigenvalue weighted by atomic mass is 19.3. The molecule has 0 amide bonds. The van der Waals surface area contributed by atoms with E-state index in [4.69, 9.17) is 0 Å². The molecule has 0 rings (SSSR count). The molecule has 0 aromatic carbocycles. The molecule has 0 spiro atoms. The summed E-state index contributed by atoms with van der Waals surface area (Å²) in [4.78, 5) is 0. The highest BCUT2D eigenvalue weighted by Crippen LogP contribution is 2.18. The fourth-order valence-electron chi connectivity index (χ4n) is 0.476. The average Bonchev–Trinajstić information content (AvgIpc) is 1.59. The second kappa shape index (κ2) is 3.83. The Kier molecular flexibility index (Phi) is 3.75. The van der Waals surface area contributed by atoms with Crippen LogP contribution in [0, 0.1) is 0 Å². The molecular weight excluding hydrogens is 142 g/mol. The van der Waals surface area contributed by atoms with Crippen molar-refractivity contribution < 1.29 is 18.3 Å². The van der Waals surface area contributed by atoms with Crippen LogP contribution >= 0.6 is 0 Å². The first-order valence-electron chi connectivity index (χ1n) is 3.17. The number of halogens is 2. The van der Waals surface area contributed by atoms with Crippen LogP contribution in [0.15, 0.2) is 0 Å². The molecule has 0 N–H and O–H groups in total. The van der Waals surface area contributed by atoms with Crippen LogP contribution in [0.1, 0.15) is 20.8 Å². The molecule has 0 saturated heterocycles. The first-order chi connectivity index (χ1) is 4.48. The van der Waals surface area contributed by atoms with E-state index in [-0.39, 0.29) is 6.61 Å². The highest BCUT2D eigenvalue weighted by Gasteiger charge is 2.32. The van der Waals surface area contributed by atoms with E-state index in [1.807, 2.05) is 0 Å². The minimum atomic E-state index is -3.43. The lowest BCUT2D eigenvalue weighted by molar-refractivity contribution is -0.401. The largest absolute Gasteiger partial charge is 0.485 e. The quantitative estimate of drug-likeness (QED) is 0.576. The molecule has 0 saturated carbocycles. The summed E-state index contributed by atoms with van der Waals surface area (Å²) in [5, 5.41) is 0. The summed E-state index contributed by atoms with van der Waals surface area (Å²) < 4.78 is 32.6. The predicted molar refractivity (Wildman–Crippen MR) is 32.8 cm³/mol. The molecule has 62 valence electrons. The lowest BCUT2D eigenvalue weighted by atomic mass is 10.5. The standard InChI is InChI=1S/C6H12F2O2/c1-4-9-6(7,8)10-5(2)3/h5H,4H2,1-3H3. The first kappa shape index (κ1) is 9.78. The summed E-state index contributed by atoms with van der Waals surface area (Å²) in [6.45, 7) is 4.47. The van der Waals surface area contributed by atoms with Crippen molar-refractivity contribution in [3.05, 3.63) is 0 Å². The SMILES string of the molecule is CCOC(F)(F)OC(C)C. The van der Waals surface area contributed by atoms with Gasteiger partial charge >= 0.3 is 6.29 Å². The second-order valence-corrected chi connectivity index (χ2v) is 2.06. The van der Waals surface area contributed by atoms with E-state index >= 15 is 0 Å². The Morgan fingerprint density at radius 3 is 2.20 bits per heavy atom. The second-order valence-electron chi connectivity index (χ2n) is 2.06. The Balaban J connectivity index is 3.63. The van der Waals surface area contributed by atoms with Gasteiger partial charge in [-0.25, -0.2) is 0 Å². The summed E-state index contributed by atoms with van der Waals surface area (Å²) in [5.41, 5.74) is 0. The highest BCUT2D eigenvalue weighted by molar-refractivity contribution is 4.39. The third kappa shape index (κ3) is 4.64. The van der Waals surface area contributed by atoms with Crippen molar-refractivity contribution in [3.8, 4) is 0 Å². The minimum Gasteiger partial charge on any atom is -0.296 e. The Morgan fingerprint density at radius 2 is 1.90 bits per heavy atom. The van der Waals surface area contributed by atoms with Crippen molar-refractivity contribution in [2.75, 3.05) is 6.61 Å². The van der Waals surface area contributed by atoms with Gasteiger partial charge in [-0.05, 0) is 20.8 Å². The molecule has 0 bridgehead atoms. The van der Waals surface area contributed by atoms with Crippen LogP contribution in [0.3, 0.4) is 0 Å². The molecule has 2 nitrogen and oxygen atoms in total. The van der Waals surface area contributed by atoms with E-state index in [9.17, 15) is 8.78 Å². The maximum Gasteiger partial charge on any atom is 0.485 e. The molecule has 0 aliphatic heterocycles. The van der Waals surface area contributed by atoms with E-state index in [0.717, 1.165) is 0 Å². The number of hydrogen-bond donors (Lipinski definition) is 0. The van der Waals surface area contributed by atoms with Gasteiger partial charge in [0.25, 0.3) is 0 Å². The topological polar surface area (TPSA) is 18.5 Å². The smallest absolute Gasteiger partial charge is 0.296 e. The third-order valence-electron chi connectivity index (χ3n) is 0.685. The number of hydrogen-bond acceptors (Lipinski definition) is 2. The predicted octanol–water partition coefficient (Wildman–Crippen LogP) is 2.00. The van der Waals surface area contributed by atoms with Gasteiger partial charge in [0.15, 0.2) is 0 Å². The summed E-state index contributed by atoms with van der Waals surface area (Å²) in [7, 11) is 0. The lowest BCUT2D eigenvalue weighted by Gasteiger charge is -2.17. The minimum absolute atomic E-state index is 0.0558. The van der Waals surface area contributed by atoms with Crippen molar-refractivity contribution in [3.63, 3.8) is 0 Å². The van der Waals surface area contributed by atoms with Crippen molar-refractivity contribution in [2.45, 2.75) is 33.2 Å². The number of ether oxygens (including phenoxy) is 2. The number of rotatable bonds is 4. The maximum atomic E-state index is 12.2. The summed E-state index contributed by atoms with van der Waals surface area (Å²) >= 11 is 0.